The number of benzene rings is 2. The minimum Gasteiger partial charge on any atom is -0.495 e. The second kappa shape index (κ2) is 11.5. The van der Waals surface area contributed by atoms with Crippen LogP contribution in [0.15, 0.2) is 61.1 Å². The lowest BCUT2D eigenvalue weighted by Crippen LogP contribution is -2.32. The van der Waals surface area contributed by atoms with E-state index >= 15 is 0 Å². The summed E-state index contributed by atoms with van der Waals surface area (Å²) in [7, 11) is 5.21. The summed E-state index contributed by atoms with van der Waals surface area (Å²) in [4.78, 5) is 4.58. The van der Waals surface area contributed by atoms with E-state index in [9.17, 15) is 5.11 Å². The molecule has 4 aromatic rings. The van der Waals surface area contributed by atoms with Crippen LogP contribution in [0.25, 0.3) is 27.5 Å². The van der Waals surface area contributed by atoms with Gasteiger partial charge in [-0.15, -0.1) is 0 Å². The van der Waals surface area contributed by atoms with Gasteiger partial charge in [-0.2, -0.15) is 5.10 Å². The molecule has 4 rings (SSSR count). The molecule has 9 heteroatoms. The number of aromatic nitrogens is 3. The molecule has 0 saturated heterocycles. The molecule has 0 radical (unpaired) electrons. The topological polar surface area (TPSA) is 117 Å². The third-order valence-electron chi connectivity index (χ3n) is 6.12. The Labute approximate surface area is 222 Å². The second-order valence-electron chi connectivity index (χ2n) is 9.67. The summed E-state index contributed by atoms with van der Waals surface area (Å²) >= 11 is 0. The summed E-state index contributed by atoms with van der Waals surface area (Å²) in [5.41, 5.74) is 4.49. The second-order valence-corrected chi connectivity index (χ2v) is 9.67. The maximum Gasteiger partial charge on any atom is 0.142 e. The van der Waals surface area contributed by atoms with Gasteiger partial charge in [0.2, 0.25) is 0 Å². The van der Waals surface area contributed by atoms with Crippen molar-refractivity contribution in [2.45, 2.75) is 26.1 Å². The molecule has 2 aromatic carbocycles. The van der Waals surface area contributed by atoms with E-state index in [4.69, 9.17) is 14.9 Å². The van der Waals surface area contributed by atoms with E-state index in [-0.39, 0.29) is 0 Å². The molecule has 198 valence electrons. The van der Waals surface area contributed by atoms with Crippen LogP contribution in [0, 0.1) is 5.41 Å². The van der Waals surface area contributed by atoms with Crippen LogP contribution in [-0.2, 0) is 18.4 Å². The van der Waals surface area contributed by atoms with Gasteiger partial charge in [-0.25, -0.2) is 4.98 Å². The molecule has 2 aromatic heterocycles. The number of anilines is 2. The van der Waals surface area contributed by atoms with Crippen molar-refractivity contribution >= 4 is 34.1 Å². The molecule has 0 spiro atoms. The van der Waals surface area contributed by atoms with Crippen LogP contribution in [0.2, 0.25) is 0 Å². The molecule has 0 amide bonds. The van der Waals surface area contributed by atoms with Crippen LogP contribution >= 0.6 is 0 Å². The highest BCUT2D eigenvalue weighted by Crippen LogP contribution is 2.34. The zero-order valence-corrected chi connectivity index (χ0v) is 22.4. The average molecular weight is 515 g/mol. The monoisotopic (exact) mass is 514 g/mol. The molecule has 0 aliphatic rings. The minimum absolute atomic E-state index is 0.380. The van der Waals surface area contributed by atoms with Crippen molar-refractivity contribution in [2.24, 2.45) is 7.05 Å². The number of methoxy groups -OCH3 is 2. The fourth-order valence-electron chi connectivity index (χ4n) is 4.12. The summed E-state index contributed by atoms with van der Waals surface area (Å²) in [5, 5.41) is 30.6. The Morgan fingerprint density at radius 1 is 1.11 bits per heavy atom. The summed E-state index contributed by atoms with van der Waals surface area (Å²) in [5.74, 6) is 1.35. The highest BCUT2D eigenvalue weighted by molar-refractivity contribution is 6.09. The number of nitrogens with zero attached hydrogens (tertiary/aromatic N) is 3. The molecule has 2 heterocycles. The van der Waals surface area contributed by atoms with Crippen LogP contribution in [0.1, 0.15) is 25.1 Å². The van der Waals surface area contributed by atoms with Gasteiger partial charge in [0.05, 0.1) is 36.9 Å². The molecule has 0 aliphatic heterocycles. The molecule has 0 bridgehead atoms. The molecular weight excluding hydrogens is 480 g/mol. The zero-order chi connectivity index (χ0) is 27.3. The smallest absolute Gasteiger partial charge is 0.142 e. The molecule has 9 nitrogen and oxygen atoms in total. The van der Waals surface area contributed by atoms with Gasteiger partial charge in [0, 0.05) is 55.8 Å². The van der Waals surface area contributed by atoms with Crippen LogP contribution in [0.5, 0.6) is 5.75 Å². The lowest BCUT2D eigenvalue weighted by atomic mass is 10.0. The van der Waals surface area contributed by atoms with Gasteiger partial charge in [0.1, 0.15) is 11.6 Å². The standard InChI is InChI=1S/C29H34N6O3/c1-29(2,36)18-31-14-23(13-30)19-6-7-21-15-32-28(12-22(21)10-19)34-25-9-8-20(11-27(25)38-5)24-16-33-35(3)26(24)17-37-4/h6-16,30-31,36H,17-18H2,1-5H3,(H,32,34)/b23-14+,30-13?. The largest absolute Gasteiger partial charge is 0.495 e. The van der Waals surface area contributed by atoms with Crippen molar-refractivity contribution in [1.29, 1.82) is 5.41 Å². The number of rotatable bonds is 11. The number of pyridine rings is 1. The first-order valence-electron chi connectivity index (χ1n) is 12.2. The molecular formula is C29H34N6O3. The number of nitrogens with one attached hydrogen (secondary N) is 3. The van der Waals surface area contributed by atoms with E-state index < -0.39 is 5.60 Å². The van der Waals surface area contributed by atoms with E-state index in [1.807, 2.05) is 66.6 Å². The van der Waals surface area contributed by atoms with Gasteiger partial charge in [-0.05, 0) is 54.6 Å². The Balaban J connectivity index is 1.60. The van der Waals surface area contributed by atoms with Crippen LogP contribution in [0.3, 0.4) is 0 Å². The summed E-state index contributed by atoms with van der Waals surface area (Å²) in [6.07, 6.45) is 6.69. The third kappa shape index (κ3) is 6.19. The first-order valence-corrected chi connectivity index (χ1v) is 12.2. The molecule has 38 heavy (non-hydrogen) atoms. The van der Waals surface area contributed by atoms with Gasteiger partial charge in [-0.1, -0.05) is 18.2 Å². The van der Waals surface area contributed by atoms with Gasteiger partial charge < -0.3 is 30.6 Å². The molecule has 0 fully saturated rings. The van der Waals surface area contributed by atoms with Gasteiger partial charge in [0.25, 0.3) is 0 Å². The van der Waals surface area contributed by atoms with Gasteiger partial charge in [-0.3, -0.25) is 4.68 Å². The van der Waals surface area contributed by atoms with E-state index in [1.165, 1.54) is 6.21 Å². The summed E-state index contributed by atoms with van der Waals surface area (Å²) in [6, 6.07) is 13.9. The van der Waals surface area contributed by atoms with Crippen molar-refractivity contribution in [3.8, 4) is 16.9 Å². The molecule has 0 saturated carbocycles. The van der Waals surface area contributed by atoms with Gasteiger partial charge in [0.15, 0.2) is 0 Å². The number of allylic oxidation sites excluding steroid dienone is 1. The van der Waals surface area contributed by atoms with E-state index in [0.717, 1.165) is 38.8 Å². The fraction of sp³-hybridized carbons (Fsp3) is 0.276. The van der Waals surface area contributed by atoms with E-state index in [2.05, 4.69) is 20.7 Å². The Morgan fingerprint density at radius 3 is 2.63 bits per heavy atom. The summed E-state index contributed by atoms with van der Waals surface area (Å²) < 4.78 is 12.9. The van der Waals surface area contributed by atoms with Crippen LogP contribution in [0.4, 0.5) is 11.5 Å². The summed E-state index contributed by atoms with van der Waals surface area (Å²) in [6.45, 7) is 4.30. The Bertz CT molecular complexity index is 1470. The Hall–Kier alpha value is -4.21. The average Bonchev–Trinajstić information content (AvgIpc) is 3.26. The highest BCUT2D eigenvalue weighted by atomic mass is 16.5. The number of hydrogen-bond donors (Lipinski definition) is 4. The predicted octanol–water partition coefficient (Wildman–Crippen LogP) is 4.88. The maximum absolute atomic E-state index is 9.93. The highest BCUT2D eigenvalue weighted by Gasteiger charge is 2.14. The lowest BCUT2D eigenvalue weighted by molar-refractivity contribution is 0.0836. The third-order valence-corrected chi connectivity index (χ3v) is 6.12. The Morgan fingerprint density at radius 2 is 1.92 bits per heavy atom. The number of ether oxygens (including phenoxy) is 2. The SMILES string of the molecule is COCc1c(-c2ccc(Nc3cc4cc(/C(C=N)=C/NCC(C)(C)O)ccc4cn3)c(OC)c2)cnn1C. The number of aryl methyl sites for hydroxylation is 1. The predicted molar refractivity (Wildman–Crippen MR) is 152 cm³/mol. The van der Waals surface area contributed by atoms with Crippen molar-refractivity contribution < 1.29 is 14.6 Å². The van der Waals surface area contributed by atoms with E-state index in [1.54, 1.807) is 34.3 Å². The lowest BCUT2D eigenvalue weighted by Gasteiger charge is -2.17. The van der Waals surface area contributed by atoms with E-state index in [0.29, 0.717) is 30.3 Å². The number of fused-ring (bicyclic) bond motifs is 1. The normalized spacial score (nSPS) is 12.0. The van der Waals surface area contributed by atoms with Crippen molar-refractivity contribution in [2.75, 3.05) is 26.1 Å². The van der Waals surface area contributed by atoms with Crippen LogP contribution in [-0.4, -0.2) is 52.5 Å². The quantitative estimate of drug-likeness (QED) is 0.211. The zero-order valence-electron chi connectivity index (χ0n) is 22.4. The molecule has 0 aliphatic carbocycles. The van der Waals surface area contributed by atoms with Crippen molar-refractivity contribution in [3.63, 3.8) is 0 Å². The fourth-order valence-corrected chi connectivity index (χ4v) is 4.12. The Kier molecular flexibility index (Phi) is 8.09. The molecule has 4 N–H and O–H groups in total. The first-order chi connectivity index (χ1) is 18.2. The number of aliphatic hydroxyl groups is 1. The number of hydrogen-bond acceptors (Lipinski definition) is 8. The molecule has 0 unspecified atom stereocenters. The molecule has 0 atom stereocenters. The first kappa shape index (κ1) is 26.8. The van der Waals surface area contributed by atoms with Crippen molar-refractivity contribution in [1.82, 2.24) is 20.1 Å². The van der Waals surface area contributed by atoms with Crippen molar-refractivity contribution in [3.05, 3.63) is 72.3 Å². The minimum atomic E-state index is -0.845. The maximum atomic E-state index is 9.93. The van der Waals surface area contributed by atoms with Gasteiger partial charge >= 0.3 is 0 Å². The van der Waals surface area contributed by atoms with Crippen LogP contribution < -0.4 is 15.4 Å².